The largest absolute Gasteiger partial charge is 0.481 e. The Hall–Kier alpha value is -1.76. The number of hydrogen-bond acceptors (Lipinski definition) is 10. The van der Waals surface area contributed by atoms with Crippen LogP contribution in [0.5, 0.6) is 0 Å². The fourth-order valence-electron chi connectivity index (χ4n) is 9.85. The van der Waals surface area contributed by atoms with E-state index in [1.165, 1.54) is 44.9 Å². The van der Waals surface area contributed by atoms with Crippen LogP contribution in [0.2, 0.25) is 0 Å². The molecule has 3 rings (SSSR count). The molecule has 0 amide bonds. The van der Waals surface area contributed by atoms with Crippen LogP contribution in [0, 0.1) is 35.5 Å². The first-order chi connectivity index (χ1) is 33.0. The molecular weight excluding hydrogens is 1150 g/mol. The van der Waals surface area contributed by atoms with Crippen LogP contribution in [0.4, 0.5) is 0 Å². The summed E-state index contributed by atoms with van der Waals surface area (Å²) in [4.78, 5) is 70.0. The Morgan fingerprint density at radius 3 is 1.44 bits per heavy atom. The molecule has 12 nitrogen and oxygen atoms in total. The van der Waals surface area contributed by atoms with E-state index in [-0.39, 0.29) is 63.7 Å². The second kappa shape index (κ2) is 47.5. The predicted molar refractivity (Wildman–Crippen MR) is 318 cm³/mol. The van der Waals surface area contributed by atoms with Crippen molar-refractivity contribution < 1.29 is 58.3 Å². The third kappa shape index (κ3) is 36.1. The van der Waals surface area contributed by atoms with Gasteiger partial charge in [-0.1, -0.05) is 157 Å². The Balaban J connectivity index is -0.000000579. The molecule has 0 aromatic rings. The Bertz CT molecular complexity index is 1500. The minimum absolute atomic E-state index is 0. The molecule has 0 spiro atoms. The van der Waals surface area contributed by atoms with Gasteiger partial charge in [-0.05, 0) is 116 Å². The number of carboxylic acids is 1. The first-order valence-corrected chi connectivity index (χ1v) is 29.9. The molecule has 0 aromatic heterocycles. The fraction of sp³-hybridized carbons (Fsp3) is 0.831. The average Bonchev–Trinajstić information content (AvgIpc) is 3.98. The Labute approximate surface area is 473 Å². The van der Waals surface area contributed by atoms with Gasteiger partial charge in [0.15, 0.2) is 5.79 Å². The van der Waals surface area contributed by atoms with Crippen molar-refractivity contribution in [1.29, 1.82) is 0 Å². The normalized spacial score (nSPS) is 20.8. The Kier molecular flexibility index (Phi) is 50.5. The van der Waals surface area contributed by atoms with Crippen molar-refractivity contribution in [3.63, 3.8) is 0 Å². The van der Waals surface area contributed by atoms with E-state index in [0.717, 1.165) is 99.2 Å². The van der Waals surface area contributed by atoms with Crippen LogP contribution in [0.25, 0.3) is 0 Å². The van der Waals surface area contributed by atoms with Gasteiger partial charge in [0.2, 0.25) is 0 Å². The molecule has 3 N–H and O–H groups in total. The second-order valence-electron chi connectivity index (χ2n) is 20.1. The number of rotatable bonds is 34. The Morgan fingerprint density at radius 1 is 0.616 bits per heavy atom. The molecule has 2 saturated carbocycles. The van der Waals surface area contributed by atoms with Gasteiger partial charge in [0.1, 0.15) is 17.3 Å². The number of halogens is 2. The summed E-state index contributed by atoms with van der Waals surface area (Å²) in [6, 6.07) is 0. The zero-order valence-electron chi connectivity index (χ0n) is 44.4. The van der Waals surface area contributed by atoms with E-state index in [1.807, 2.05) is 27.7 Å². The highest BCUT2D eigenvalue weighted by Gasteiger charge is 2.44. The van der Waals surface area contributed by atoms with Crippen LogP contribution in [0.15, 0.2) is 24.3 Å². The zero-order chi connectivity index (χ0) is 51.5. The van der Waals surface area contributed by atoms with Crippen LogP contribution in [-0.2, 0) is 47.7 Å². The zero-order valence-corrected chi connectivity index (χ0v) is 48.7. The maximum atomic E-state index is 12.9. The maximum absolute atomic E-state index is 12.9. The van der Waals surface area contributed by atoms with Crippen molar-refractivity contribution in [3.8, 4) is 0 Å². The number of carbonyl (C=O) groups excluding carboxylic acids is 5. The van der Waals surface area contributed by atoms with Gasteiger partial charge in [0.25, 0.3) is 5.97 Å². The van der Waals surface area contributed by atoms with Gasteiger partial charge in [-0.15, -0.1) is 0 Å². The second-order valence-corrected chi connectivity index (χ2v) is 21.8. The van der Waals surface area contributed by atoms with Crippen molar-refractivity contribution in [2.75, 3.05) is 22.1 Å². The SMILES string of the molecule is C.C.C.CC(=O)O.CCCCCCCC(=O)CC[C@H]1[C@H](CI)CC(=O)[C@@H]1CC=CCCCC(=O)OC(C)C.CCCCCCCC1(CC[C@H]2[C@H](CI)CC(=O)[C@@H]2CC=CCCCC(=O)OC(C)C)OCCO1.O. The minimum atomic E-state index is -0.833. The number of alkyl halides is 2. The van der Waals surface area contributed by atoms with Crippen LogP contribution in [0.3, 0.4) is 0 Å². The summed E-state index contributed by atoms with van der Waals surface area (Å²) < 4.78 is 24.6. The van der Waals surface area contributed by atoms with Gasteiger partial charge in [-0.25, -0.2) is 0 Å². The van der Waals surface area contributed by atoms with Crippen molar-refractivity contribution in [2.45, 2.75) is 256 Å². The third-order valence-electron chi connectivity index (χ3n) is 13.4. The highest BCUT2D eigenvalue weighted by atomic mass is 127. The maximum Gasteiger partial charge on any atom is 0.306 e. The summed E-state index contributed by atoms with van der Waals surface area (Å²) in [6.07, 6.45) is 32.5. The lowest BCUT2D eigenvalue weighted by Gasteiger charge is -2.31. The smallest absolute Gasteiger partial charge is 0.306 e. The van der Waals surface area contributed by atoms with E-state index in [4.69, 9.17) is 28.8 Å². The van der Waals surface area contributed by atoms with E-state index in [0.29, 0.717) is 92.8 Å². The highest BCUT2D eigenvalue weighted by Crippen LogP contribution is 2.44. The standard InChI is InChI=1S/C28H47IO5.C26H43IO4.C2H4O2.3CH4.H2O/c1-4-5-6-9-12-16-28(32-18-19-33-28)17-15-24-23(21-29)20-26(30)25(24)13-10-7-8-11-14-27(31)34-22(2)3;1-4-5-6-7-10-13-22(28)16-17-23-21(19-27)18-25(29)24(23)14-11-8-9-12-15-26(30)31-20(2)3;1-2(3)4;;;;/h7,10,22-25H,4-6,8-9,11-21H2,1-3H3;8,11,20-21,23-24H,4-7,9-10,12-19H2,1-3H3;1H3,(H,3,4);3*1H4;1H2/t23-,24-,25+;21-,23-,24+;;;;;/m00...../s1. The van der Waals surface area contributed by atoms with Gasteiger partial charge >= 0.3 is 11.9 Å². The summed E-state index contributed by atoms with van der Waals surface area (Å²) in [5.74, 6) is 1.37. The van der Waals surface area contributed by atoms with Crippen molar-refractivity contribution in [2.24, 2.45) is 35.5 Å². The molecule has 1 heterocycles. The molecule has 3 fully saturated rings. The van der Waals surface area contributed by atoms with E-state index < -0.39 is 11.8 Å². The number of Topliss-reactive ketones (excluding diaryl/α,β-unsaturated/α-hetero) is 3. The number of allylic oxidation sites excluding steroid dienone is 4. The number of carbonyl (C=O) groups is 6. The number of aliphatic carboxylic acids is 1. The lowest BCUT2D eigenvalue weighted by Crippen LogP contribution is -2.32. The number of unbranched alkanes of at least 4 members (excludes halogenated alkanes) is 10. The van der Waals surface area contributed by atoms with Crippen LogP contribution in [0.1, 0.15) is 238 Å². The molecule has 73 heavy (non-hydrogen) atoms. The van der Waals surface area contributed by atoms with Crippen molar-refractivity contribution in [3.05, 3.63) is 24.3 Å². The summed E-state index contributed by atoms with van der Waals surface area (Å²) in [5, 5.41) is 7.42. The molecule has 3 aliphatic rings. The molecule has 0 unspecified atom stereocenters. The molecular formula is C59H108I2O12. The third-order valence-corrected chi connectivity index (χ3v) is 15.7. The van der Waals surface area contributed by atoms with Crippen LogP contribution in [-0.4, -0.2) is 85.9 Å². The highest BCUT2D eigenvalue weighted by molar-refractivity contribution is 14.1. The van der Waals surface area contributed by atoms with E-state index in [1.54, 1.807) is 0 Å². The number of esters is 2. The van der Waals surface area contributed by atoms with E-state index in [2.05, 4.69) is 83.3 Å². The molecule has 1 saturated heterocycles. The van der Waals surface area contributed by atoms with E-state index in [9.17, 15) is 24.0 Å². The molecule has 0 radical (unpaired) electrons. The van der Waals surface area contributed by atoms with Gasteiger partial charge in [0, 0.05) is 79.0 Å². The predicted octanol–water partition coefficient (Wildman–Crippen LogP) is 15.4. The average molecular weight is 1260 g/mol. The number of hydrogen-bond donors (Lipinski definition) is 1. The molecule has 14 heteroatoms. The molecule has 0 bridgehead atoms. The van der Waals surface area contributed by atoms with Gasteiger partial charge in [-0.2, -0.15) is 0 Å². The molecule has 0 aromatic carbocycles. The first kappa shape index (κ1) is 77.7. The summed E-state index contributed by atoms with van der Waals surface area (Å²) >= 11 is 4.83. The monoisotopic (exact) mass is 1260 g/mol. The first-order valence-electron chi connectivity index (χ1n) is 26.9. The quantitative estimate of drug-likeness (QED) is 0.0212. The van der Waals surface area contributed by atoms with Gasteiger partial charge < -0.3 is 29.5 Å². The topological polar surface area (TPSA) is 191 Å². The Morgan fingerprint density at radius 2 is 1.03 bits per heavy atom. The summed E-state index contributed by atoms with van der Waals surface area (Å²) in [6.45, 7) is 14.4. The van der Waals surface area contributed by atoms with Crippen molar-refractivity contribution in [1.82, 2.24) is 0 Å². The van der Waals surface area contributed by atoms with Gasteiger partial charge in [0.05, 0.1) is 25.4 Å². The summed E-state index contributed by atoms with van der Waals surface area (Å²) in [7, 11) is 0. The van der Waals surface area contributed by atoms with Crippen molar-refractivity contribution >= 4 is 80.4 Å². The lowest BCUT2D eigenvalue weighted by molar-refractivity contribution is -0.171. The lowest BCUT2D eigenvalue weighted by atomic mass is 9.82. The van der Waals surface area contributed by atoms with Gasteiger partial charge in [-0.3, -0.25) is 28.8 Å². The minimum Gasteiger partial charge on any atom is -0.481 e. The fourth-order valence-corrected chi connectivity index (χ4v) is 11.8. The van der Waals surface area contributed by atoms with Crippen LogP contribution >= 0.6 is 45.2 Å². The molecule has 6 atom stereocenters. The van der Waals surface area contributed by atoms with Crippen LogP contribution < -0.4 is 0 Å². The molecule has 1 aliphatic heterocycles. The number of ether oxygens (including phenoxy) is 4. The molecule has 2 aliphatic carbocycles. The number of ketones is 3. The summed E-state index contributed by atoms with van der Waals surface area (Å²) in [5.41, 5.74) is 0. The molecule has 430 valence electrons. The van der Waals surface area contributed by atoms with E-state index >= 15 is 0 Å². The number of carboxylic acid groups (broad SMARTS) is 1.